The van der Waals surface area contributed by atoms with Gasteiger partial charge in [-0.2, -0.15) is 0 Å². The highest BCUT2D eigenvalue weighted by molar-refractivity contribution is 6.08. The third-order valence-electron chi connectivity index (χ3n) is 2.03. The normalized spacial score (nSPS) is 11.0. The second-order valence-electron chi connectivity index (χ2n) is 3.30. The van der Waals surface area contributed by atoms with Gasteiger partial charge in [-0.15, -0.1) is 0 Å². The molecule has 1 aromatic rings. The zero-order valence-electron chi connectivity index (χ0n) is 8.91. The predicted octanol–water partition coefficient (Wildman–Crippen LogP) is 1.81. The molecule has 17 heavy (non-hydrogen) atoms. The van der Waals surface area contributed by atoms with E-state index in [1.165, 1.54) is 25.1 Å². The lowest BCUT2D eigenvalue weighted by Gasteiger charge is -1.97. The Bertz CT molecular complexity index is 518. The molecule has 6 nitrogen and oxygen atoms in total. The minimum absolute atomic E-state index is 0.0831. The minimum atomic E-state index is -1.20. The first-order valence-electron chi connectivity index (χ1n) is 4.62. The van der Waals surface area contributed by atoms with Crippen LogP contribution in [0.25, 0.3) is 0 Å². The van der Waals surface area contributed by atoms with Gasteiger partial charge in [-0.3, -0.25) is 14.9 Å². The number of ketones is 1. The number of allylic oxidation sites excluding steroid dienone is 1. The number of carboxylic acids is 1. The molecule has 0 amide bonds. The van der Waals surface area contributed by atoms with Crippen LogP contribution < -0.4 is 0 Å². The number of nitrogens with zero attached hydrogens (tertiary/aromatic N) is 1. The maximum Gasteiger partial charge on any atom is 0.331 e. The molecule has 0 atom stereocenters. The van der Waals surface area contributed by atoms with Crippen molar-refractivity contribution in [1.29, 1.82) is 0 Å². The van der Waals surface area contributed by atoms with Crippen LogP contribution in [0.5, 0.6) is 0 Å². The third-order valence-corrected chi connectivity index (χ3v) is 2.03. The van der Waals surface area contributed by atoms with Crippen LogP contribution in [0.3, 0.4) is 0 Å². The third kappa shape index (κ3) is 3.23. The van der Waals surface area contributed by atoms with Gasteiger partial charge in [0.25, 0.3) is 5.69 Å². The van der Waals surface area contributed by atoms with E-state index in [9.17, 15) is 19.7 Å². The lowest BCUT2D eigenvalue weighted by Crippen LogP contribution is -2.02. The van der Waals surface area contributed by atoms with E-state index in [2.05, 4.69) is 0 Å². The van der Waals surface area contributed by atoms with Gasteiger partial charge in [0.1, 0.15) is 0 Å². The fourth-order valence-corrected chi connectivity index (χ4v) is 1.11. The molecule has 88 valence electrons. The molecule has 0 saturated carbocycles. The molecular weight excluding hydrogens is 226 g/mol. The Morgan fingerprint density at radius 1 is 1.41 bits per heavy atom. The van der Waals surface area contributed by atoms with Gasteiger partial charge in [0.05, 0.1) is 4.92 Å². The van der Waals surface area contributed by atoms with Gasteiger partial charge in [0, 0.05) is 23.3 Å². The van der Waals surface area contributed by atoms with E-state index in [0.29, 0.717) is 0 Å². The average Bonchev–Trinajstić information content (AvgIpc) is 2.28. The molecule has 0 aliphatic rings. The number of hydrogen-bond donors (Lipinski definition) is 1. The van der Waals surface area contributed by atoms with E-state index >= 15 is 0 Å². The Hall–Kier alpha value is -2.50. The molecular formula is C11H9NO5. The molecule has 0 spiro atoms. The maximum absolute atomic E-state index is 11.6. The minimum Gasteiger partial charge on any atom is -0.478 e. The Morgan fingerprint density at radius 3 is 2.59 bits per heavy atom. The first-order chi connectivity index (χ1) is 7.91. The highest BCUT2D eigenvalue weighted by Crippen LogP contribution is 2.14. The summed E-state index contributed by atoms with van der Waals surface area (Å²) >= 11 is 0. The first kappa shape index (κ1) is 12.6. The van der Waals surface area contributed by atoms with Gasteiger partial charge in [-0.25, -0.2) is 4.79 Å². The number of carbonyl (C=O) groups excluding carboxylic acids is 1. The molecule has 1 N–H and O–H groups in total. The maximum atomic E-state index is 11.6. The molecule has 0 aliphatic heterocycles. The number of non-ortho nitro benzene ring substituents is 1. The Kier molecular flexibility index (Phi) is 3.71. The number of carboxylic acid groups (broad SMARTS) is 1. The molecule has 1 aromatic carbocycles. The molecule has 0 aliphatic carbocycles. The lowest BCUT2D eigenvalue weighted by atomic mass is 10.1. The number of benzene rings is 1. The van der Waals surface area contributed by atoms with E-state index in [1.807, 2.05) is 0 Å². The van der Waals surface area contributed by atoms with Gasteiger partial charge in [0.2, 0.25) is 0 Å². The summed E-state index contributed by atoms with van der Waals surface area (Å²) in [5.41, 5.74) is -0.251. The van der Waals surface area contributed by atoms with Crippen LogP contribution in [-0.2, 0) is 4.79 Å². The summed E-state index contributed by atoms with van der Waals surface area (Å²) in [5.74, 6) is -1.78. The van der Waals surface area contributed by atoms with Gasteiger partial charge >= 0.3 is 5.97 Å². The topological polar surface area (TPSA) is 97.5 Å². The number of nitro benzene ring substituents is 1. The number of carbonyl (C=O) groups is 2. The zero-order valence-corrected chi connectivity index (χ0v) is 8.91. The van der Waals surface area contributed by atoms with E-state index in [4.69, 9.17) is 5.11 Å². The van der Waals surface area contributed by atoms with E-state index in [0.717, 1.165) is 12.1 Å². The number of hydrogen-bond acceptors (Lipinski definition) is 4. The van der Waals surface area contributed by atoms with Crippen molar-refractivity contribution in [2.75, 3.05) is 0 Å². The van der Waals surface area contributed by atoms with Crippen LogP contribution in [0.2, 0.25) is 0 Å². The van der Waals surface area contributed by atoms with Crippen molar-refractivity contribution in [2.24, 2.45) is 0 Å². The van der Waals surface area contributed by atoms with Crippen molar-refractivity contribution in [1.82, 2.24) is 0 Å². The Balaban J connectivity index is 3.05. The SMILES string of the molecule is CC(=CC(=O)c1cccc([N+](=O)[O-])c1)C(=O)O. The fraction of sp³-hybridized carbons (Fsp3) is 0.0909. The van der Waals surface area contributed by atoms with Crippen LogP contribution in [-0.4, -0.2) is 21.8 Å². The molecule has 0 heterocycles. The first-order valence-corrected chi connectivity index (χ1v) is 4.62. The smallest absolute Gasteiger partial charge is 0.331 e. The number of nitro groups is 1. The van der Waals surface area contributed by atoms with Gasteiger partial charge < -0.3 is 5.11 Å². The van der Waals surface area contributed by atoms with Gasteiger partial charge in [-0.1, -0.05) is 12.1 Å². The second kappa shape index (κ2) is 5.02. The highest BCUT2D eigenvalue weighted by atomic mass is 16.6. The van der Waals surface area contributed by atoms with Crippen molar-refractivity contribution in [3.8, 4) is 0 Å². The second-order valence-corrected chi connectivity index (χ2v) is 3.30. The molecule has 0 unspecified atom stereocenters. The zero-order chi connectivity index (χ0) is 13.0. The molecule has 0 aromatic heterocycles. The van der Waals surface area contributed by atoms with Crippen LogP contribution in [0, 0.1) is 10.1 Å². The molecule has 0 radical (unpaired) electrons. The summed E-state index contributed by atoms with van der Waals surface area (Å²) in [6.07, 6.45) is 0.932. The van der Waals surface area contributed by atoms with Crippen molar-refractivity contribution >= 4 is 17.4 Å². The highest BCUT2D eigenvalue weighted by Gasteiger charge is 2.11. The van der Waals surface area contributed by atoms with Crippen molar-refractivity contribution < 1.29 is 19.6 Å². The molecule has 6 heteroatoms. The van der Waals surface area contributed by atoms with Crippen LogP contribution >= 0.6 is 0 Å². The fourth-order valence-electron chi connectivity index (χ4n) is 1.11. The molecule has 1 rings (SSSR count). The number of aliphatic carboxylic acids is 1. The standard InChI is InChI=1S/C11H9NO5/c1-7(11(14)15)5-10(13)8-3-2-4-9(6-8)12(16)17/h2-6H,1H3,(H,14,15). The lowest BCUT2D eigenvalue weighted by molar-refractivity contribution is -0.384. The monoisotopic (exact) mass is 235 g/mol. The van der Waals surface area contributed by atoms with E-state index in [-0.39, 0.29) is 16.8 Å². The van der Waals surface area contributed by atoms with E-state index < -0.39 is 16.7 Å². The van der Waals surface area contributed by atoms with Gasteiger partial charge in [-0.05, 0) is 13.0 Å². The summed E-state index contributed by atoms with van der Waals surface area (Å²) in [7, 11) is 0. The summed E-state index contributed by atoms with van der Waals surface area (Å²) < 4.78 is 0. The van der Waals surface area contributed by atoms with Gasteiger partial charge in [0.15, 0.2) is 5.78 Å². The summed E-state index contributed by atoms with van der Waals surface area (Å²) in [5, 5.41) is 19.1. The Labute approximate surface area is 96.3 Å². The largest absolute Gasteiger partial charge is 0.478 e. The summed E-state index contributed by atoms with van der Waals surface area (Å²) in [6, 6.07) is 5.12. The van der Waals surface area contributed by atoms with Crippen LogP contribution in [0.1, 0.15) is 17.3 Å². The average molecular weight is 235 g/mol. The van der Waals surface area contributed by atoms with Crippen molar-refractivity contribution in [3.63, 3.8) is 0 Å². The number of rotatable bonds is 4. The predicted molar refractivity (Wildman–Crippen MR) is 58.8 cm³/mol. The van der Waals surface area contributed by atoms with Crippen molar-refractivity contribution in [2.45, 2.75) is 6.92 Å². The molecule has 0 fully saturated rings. The molecule has 0 saturated heterocycles. The Morgan fingerprint density at radius 2 is 2.06 bits per heavy atom. The van der Waals surface area contributed by atoms with Crippen LogP contribution in [0.15, 0.2) is 35.9 Å². The van der Waals surface area contributed by atoms with Crippen molar-refractivity contribution in [3.05, 3.63) is 51.6 Å². The van der Waals surface area contributed by atoms with E-state index in [1.54, 1.807) is 0 Å². The summed E-state index contributed by atoms with van der Waals surface area (Å²) in [4.78, 5) is 32.0. The quantitative estimate of drug-likeness (QED) is 0.371. The van der Waals surface area contributed by atoms with Crippen LogP contribution in [0.4, 0.5) is 5.69 Å². The summed E-state index contributed by atoms with van der Waals surface area (Å²) in [6.45, 7) is 1.28. The molecule has 0 bridgehead atoms.